The van der Waals surface area contributed by atoms with Gasteiger partial charge in [-0.1, -0.05) is 13.8 Å². The van der Waals surface area contributed by atoms with Gasteiger partial charge in [-0.3, -0.25) is 9.69 Å². The maximum atomic E-state index is 12.4. The first-order chi connectivity index (χ1) is 10.6. The summed E-state index contributed by atoms with van der Waals surface area (Å²) in [6.07, 6.45) is 2.03. The molecule has 1 aliphatic heterocycles. The second-order valence-electron chi connectivity index (χ2n) is 5.90. The Morgan fingerprint density at radius 2 is 2.23 bits per heavy atom. The number of carbonyl (C=O) groups is 1. The Labute approximate surface area is 137 Å². The van der Waals surface area contributed by atoms with E-state index in [0.29, 0.717) is 6.61 Å². The molecule has 2 heterocycles. The van der Waals surface area contributed by atoms with Crippen molar-refractivity contribution >= 4 is 17.2 Å². The molecule has 1 aromatic heterocycles. The Bertz CT molecular complexity index is 478. The molecule has 5 nitrogen and oxygen atoms in total. The van der Waals surface area contributed by atoms with Crippen LogP contribution in [0.1, 0.15) is 31.0 Å². The molecule has 0 aliphatic carbocycles. The minimum absolute atomic E-state index is 0.0535. The Balaban J connectivity index is 1.85. The van der Waals surface area contributed by atoms with Gasteiger partial charge in [0.15, 0.2) is 0 Å². The number of carbonyl (C=O) groups excluding carboxylic acids is 1. The van der Waals surface area contributed by atoms with Gasteiger partial charge >= 0.3 is 0 Å². The number of aromatic nitrogens is 1. The number of hydrogen-bond acceptors (Lipinski definition) is 5. The number of rotatable bonds is 6. The van der Waals surface area contributed by atoms with Crippen molar-refractivity contribution in [2.24, 2.45) is 5.92 Å². The fraction of sp³-hybridized carbons (Fsp3) is 0.750. The molecular formula is C16H27N3O2S. The van der Waals surface area contributed by atoms with Crippen LogP contribution in [-0.2, 0) is 22.5 Å². The Morgan fingerprint density at radius 1 is 1.41 bits per heavy atom. The van der Waals surface area contributed by atoms with Crippen molar-refractivity contribution in [2.75, 3.05) is 39.9 Å². The summed E-state index contributed by atoms with van der Waals surface area (Å²) in [7, 11) is 1.65. The fourth-order valence-electron chi connectivity index (χ4n) is 2.80. The first-order valence-electron chi connectivity index (χ1n) is 8.07. The van der Waals surface area contributed by atoms with Crippen LogP contribution in [0.2, 0.25) is 0 Å². The second-order valence-corrected chi connectivity index (χ2v) is 6.84. The first-order valence-corrected chi connectivity index (χ1v) is 8.95. The van der Waals surface area contributed by atoms with Crippen LogP contribution in [-0.4, -0.2) is 60.6 Å². The highest BCUT2D eigenvalue weighted by Crippen LogP contribution is 2.14. The van der Waals surface area contributed by atoms with E-state index < -0.39 is 0 Å². The van der Waals surface area contributed by atoms with Crippen molar-refractivity contribution in [3.63, 3.8) is 0 Å². The van der Waals surface area contributed by atoms with Crippen LogP contribution in [0.3, 0.4) is 0 Å². The smallest absolute Gasteiger partial charge is 0.227 e. The standard InChI is InChI=1S/C16H27N3O2S/c1-4-15-17-14(12-22-15)10-18-6-5-7-19(9-8-18)16(20)13(2)11-21-3/h12-13H,4-11H2,1-3H3/t13-/m1/s1. The third kappa shape index (κ3) is 4.76. The molecular weight excluding hydrogens is 298 g/mol. The highest BCUT2D eigenvalue weighted by molar-refractivity contribution is 7.09. The van der Waals surface area contributed by atoms with Gasteiger partial charge in [0.05, 0.1) is 23.2 Å². The molecule has 0 saturated carbocycles. The van der Waals surface area contributed by atoms with Crippen molar-refractivity contribution in [3.8, 4) is 0 Å². The summed E-state index contributed by atoms with van der Waals surface area (Å²) < 4.78 is 5.09. The molecule has 0 spiro atoms. The fourth-order valence-corrected chi connectivity index (χ4v) is 3.53. The van der Waals surface area contributed by atoms with Crippen molar-refractivity contribution in [2.45, 2.75) is 33.2 Å². The molecule has 0 bridgehead atoms. The monoisotopic (exact) mass is 325 g/mol. The summed E-state index contributed by atoms with van der Waals surface area (Å²) in [6.45, 7) is 9.07. The van der Waals surface area contributed by atoms with Gasteiger partial charge in [0.1, 0.15) is 0 Å². The Hall–Kier alpha value is -0.980. The first kappa shape index (κ1) is 17.4. The number of aryl methyl sites for hydroxylation is 1. The van der Waals surface area contributed by atoms with E-state index in [9.17, 15) is 4.79 Å². The van der Waals surface area contributed by atoms with Crippen LogP contribution in [0.15, 0.2) is 5.38 Å². The number of nitrogens with zero attached hydrogens (tertiary/aromatic N) is 3. The predicted octanol–water partition coefficient (Wildman–Crippen LogP) is 2.02. The van der Waals surface area contributed by atoms with Gasteiger partial charge < -0.3 is 9.64 Å². The summed E-state index contributed by atoms with van der Waals surface area (Å²) in [5.74, 6) is 0.160. The van der Waals surface area contributed by atoms with Crippen molar-refractivity contribution < 1.29 is 9.53 Å². The van der Waals surface area contributed by atoms with Crippen molar-refractivity contribution in [3.05, 3.63) is 16.1 Å². The van der Waals surface area contributed by atoms with Crippen molar-refractivity contribution in [1.82, 2.24) is 14.8 Å². The zero-order valence-electron chi connectivity index (χ0n) is 13.9. The summed E-state index contributed by atoms with van der Waals surface area (Å²) in [6, 6.07) is 0. The maximum Gasteiger partial charge on any atom is 0.227 e. The molecule has 1 aliphatic rings. The number of methoxy groups -OCH3 is 1. The number of thiazole rings is 1. The molecule has 1 atom stereocenters. The summed E-state index contributed by atoms with van der Waals surface area (Å²) in [4.78, 5) is 21.4. The average Bonchev–Trinajstić information content (AvgIpc) is 2.84. The lowest BCUT2D eigenvalue weighted by atomic mass is 10.1. The molecule has 2 rings (SSSR count). The third-order valence-electron chi connectivity index (χ3n) is 4.03. The molecule has 124 valence electrons. The second kappa shape index (κ2) is 8.60. The van der Waals surface area contributed by atoms with Crippen LogP contribution < -0.4 is 0 Å². The SMILES string of the molecule is CCc1nc(CN2CCCN(C(=O)[C@H](C)COC)CC2)cs1. The van der Waals surface area contributed by atoms with Gasteiger partial charge in [-0.15, -0.1) is 11.3 Å². The quantitative estimate of drug-likeness (QED) is 0.803. The van der Waals surface area contributed by atoms with E-state index in [2.05, 4.69) is 22.2 Å². The largest absolute Gasteiger partial charge is 0.384 e. The zero-order chi connectivity index (χ0) is 15.9. The van der Waals surface area contributed by atoms with E-state index in [1.807, 2.05) is 11.8 Å². The molecule has 1 amide bonds. The molecule has 0 N–H and O–H groups in total. The molecule has 6 heteroatoms. The summed E-state index contributed by atoms with van der Waals surface area (Å²) in [5.41, 5.74) is 1.16. The van der Waals surface area contributed by atoms with Crippen LogP contribution >= 0.6 is 11.3 Å². The predicted molar refractivity (Wildman–Crippen MR) is 89.0 cm³/mol. The van der Waals surface area contributed by atoms with Crippen LogP contribution in [0.4, 0.5) is 0 Å². The van der Waals surface area contributed by atoms with E-state index in [0.717, 1.165) is 51.3 Å². The van der Waals surface area contributed by atoms with Crippen LogP contribution in [0, 0.1) is 5.92 Å². The number of amides is 1. The van der Waals surface area contributed by atoms with E-state index >= 15 is 0 Å². The number of ether oxygens (including phenoxy) is 1. The topological polar surface area (TPSA) is 45.7 Å². The van der Waals surface area contributed by atoms with Gasteiger partial charge in [-0.2, -0.15) is 0 Å². The summed E-state index contributed by atoms with van der Waals surface area (Å²) in [5, 5.41) is 3.36. The van der Waals surface area contributed by atoms with Gasteiger partial charge in [0.25, 0.3) is 0 Å². The zero-order valence-corrected chi connectivity index (χ0v) is 14.7. The minimum atomic E-state index is -0.0535. The lowest BCUT2D eigenvalue weighted by molar-refractivity contribution is -0.136. The van der Waals surface area contributed by atoms with E-state index in [1.54, 1.807) is 18.4 Å². The van der Waals surface area contributed by atoms with Gasteiger partial charge in [-0.05, 0) is 12.8 Å². The number of hydrogen-bond donors (Lipinski definition) is 0. The van der Waals surface area contributed by atoms with E-state index in [1.165, 1.54) is 5.01 Å². The normalized spacial score (nSPS) is 18.2. The Morgan fingerprint density at radius 3 is 2.91 bits per heavy atom. The maximum absolute atomic E-state index is 12.4. The molecule has 0 aromatic carbocycles. The lowest BCUT2D eigenvalue weighted by Crippen LogP contribution is -2.39. The van der Waals surface area contributed by atoms with Gasteiger partial charge in [0.2, 0.25) is 5.91 Å². The molecule has 1 fully saturated rings. The highest BCUT2D eigenvalue weighted by atomic mass is 32.1. The molecule has 1 saturated heterocycles. The van der Waals surface area contributed by atoms with Gasteiger partial charge in [0, 0.05) is 45.2 Å². The Kier molecular flexibility index (Phi) is 6.79. The molecule has 0 unspecified atom stereocenters. The third-order valence-corrected chi connectivity index (χ3v) is 5.07. The van der Waals surface area contributed by atoms with Gasteiger partial charge in [-0.25, -0.2) is 4.98 Å². The van der Waals surface area contributed by atoms with E-state index in [-0.39, 0.29) is 11.8 Å². The summed E-state index contributed by atoms with van der Waals surface area (Å²) >= 11 is 1.74. The lowest BCUT2D eigenvalue weighted by Gasteiger charge is -2.24. The highest BCUT2D eigenvalue weighted by Gasteiger charge is 2.23. The molecule has 1 aromatic rings. The molecule has 0 radical (unpaired) electrons. The van der Waals surface area contributed by atoms with Crippen LogP contribution in [0.25, 0.3) is 0 Å². The van der Waals surface area contributed by atoms with Crippen LogP contribution in [0.5, 0.6) is 0 Å². The minimum Gasteiger partial charge on any atom is -0.384 e. The average molecular weight is 325 g/mol. The van der Waals surface area contributed by atoms with E-state index in [4.69, 9.17) is 4.74 Å². The van der Waals surface area contributed by atoms with Crippen molar-refractivity contribution in [1.29, 1.82) is 0 Å². The molecule has 22 heavy (non-hydrogen) atoms.